The average Bonchev–Trinajstić information content (AvgIpc) is 3.20. The second-order valence-electron chi connectivity index (χ2n) is 5.86. The van der Waals surface area contributed by atoms with Crippen LogP contribution < -0.4 is 61.8 Å². The first-order chi connectivity index (χ1) is 12.0. The molecule has 1 atom stereocenters. The Labute approximate surface area is 192 Å². The van der Waals surface area contributed by atoms with Gasteiger partial charge in [-0.1, -0.05) is 0 Å². The van der Waals surface area contributed by atoms with E-state index in [0.717, 1.165) is 0 Å². The summed E-state index contributed by atoms with van der Waals surface area (Å²) in [7, 11) is 0. The van der Waals surface area contributed by atoms with Crippen molar-refractivity contribution in [3.05, 3.63) is 41.5 Å². The smallest absolute Gasteiger partial charge is 0.548 e. The molecule has 132 valence electrons. The van der Waals surface area contributed by atoms with Crippen LogP contribution in [0, 0.1) is 12.7 Å². The van der Waals surface area contributed by atoms with Crippen LogP contribution in [0.3, 0.4) is 0 Å². The summed E-state index contributed by atoms with van der Waals surface area (Å²) in [6.07, 6.45) is 1.03. The number of carbonyl (C=O) groups excluding carboxylic acids is 2. The first kappa shape index (κ1) is 21.0. The number of oxazole rings is 1. The molecule has 1 N–H and O–H groups in total. The van der Waals surface area contributed by atoms with E-state index in [9.17, 15) is 19.1 Å². The molecule has 3 rings (SSSR count). The quantitative estimate of drug-likeness (QED) is 0.628. The number of aromatic nitrogens is 1. The van der Waals surface area contributed by atoms with Gasteiger partial charge in [0, 0.05) is 12.1 Å². The molecule has 0 saturated carbocycles. The Bertz CT molecular complexity index is 794. The predicted octanol–water partition coefficient (Wildman–Crippen LogP) is -1.78. The van der Waals surface area contributed by atoms with Gasteiger partial charge in [0.2, 0.25) is 5.89 Å². The van der Waals surface area contributed by atoms with Crippen molar-refractivity contribution in [2.45, 2.75) is 32.4 Å². The molecule has 2 amide bonds. The topological polar surface area (TPSA) is 98.5 Å². The Morgan fingerprint density at radius 3 is 2.73 bits per heavy atom. The number of rotatable bonds is 4. The number of urea groups is 1. The first-order valence-corrected chi connectivity index (χ1v) is 7.93. The summed E-state index contributed by atoms with van der Waals surface area (Å²) in [5, 5.41) is 13.7. The van der Waals surface area contributed by atoms with E-state index in [0.29, 0.717) is 42.3 Å². The van der Waals surface area contributed by atoms with Gasteiger partial charge in [0.05, 0.1) is 18.6 Å². The maximum absolute atomic E-state index is 13.0. The minimum Gasteiger partial charge on any atom is -0.548 e. The van der Waals surface area contributed by atoms with Crippen LogP contribution in [0.2, 0.25) is 0 Å². The van der Waals surface area contributed by atoms with Crippen molar-refractivity contribution in [2.75, 3.05) is 6.54 Å². The molecule has 1 aromatic heterocycles. The molecule has 26 heavy (non-hydrogen) atoms. The van der Waals surface area contributed by atoms with Crippen molar-refractivity contribution in [1.82, 2.24) is 15.2 Å². The third-order valence-corrected chi connectivity index (χ3v) is 4.18. The summed E-state index contributed by atoms with van der Waals surface area (Å²) >= 11 is 0. The van der Waals surface area contributed by atoms with Gasteiger partial charge in [0.15, 0.2) is 0 Å². The van der Waals surface area contributed by atoms with E-state index in [1.165, 1.54) is 17.0 Å². The number of nitrogens with one attached hydrogen (secondary N) is 1. The van der Waals surface area contributed by atoms with Gasteiger partial charge in [-0.05, 0) is 44.0 Å². The number of amides is 2. The van der Waals surface area contributed by atoms with Crippen molar-refractivity contribution >= 4 is 12.0 Å². The molecule has 1 aromatic carbocycles. The number of aryl methyl sites for hydroxylation is 1. The van der Waals surface area contributed by atoms with Crippen molar-refractivity contribution in [3.63, 3.8) is 0 Å². The number of halogens is 1. The molecule has 1 aliphatic rings. The van der Waals surface area contributed by atoms with E-state index in [1.54, 1.807) is 19.1 Å². The third kappa shape index (κ3) is 4.71. The molecule has 0 bridgehead atoms. The fourth-order valence-electron chi connectivity index (χ4n) is 2.82. The van der Waals surface area contributed by atoms with Crippen LogP contribution in [-0.4, -0.2) is 34.5 Å². The standard InChI is InChI=1S/C17H18FN3O4.K/c1-10-13(20-15(25-10)11-4-6-12(18)7-5-11)9-19-17(24)21-8-2-3-14(21)16(22)23;/h4-7,14H,2-3,8-9H2,1H3,(H,19,24)(H,22,23);/q;+1/p-1. The fraction of sp³-hybridized carbons (Fsp3) is 0.353. The summed E-state index contributed by atoms with van der Waals surface area (Å²) in [4.78, 5) is 28.8. The van der Waals surface area contributed by atoms with Gasteiger partial charge in [-0.25, -0.2) is 14.2 Å². The van der Waals surface area contributed by atoms with Crippen molar-refractivity contribution in [2.24, 2.45) is 0 Å². The van der Waals surface area contributed by atoms with Gasteiger partial charge in [0.25, 0.3) is 0 Å². The molecule has 1 saturated heterocycles. The van der Waals surface area contributed by atoms with E-state index in [1.807, 2.05) is 0 Å². The van der Waals surface area contributed by atoms with Crippen LogP contribution in [0.25, 0.3) is 11.5 Å². The zero-order valence-electron chi connectivity index (χ0n) is 14.6. The normalized spacial score (nSPS) is 16.2. The average molecular weight is 385 g/mol. The Morgan fingerprint density at radius 2 is 2.08 bits per heavy atom. The number of likely N-dealkylation sites (tertiary alicyclic amines) is 1. The Kier molecular flexibility index (Phi) is 7.36. The van der Waals surface area contributed by atoms with Gasteiger partial charge in [-0.3, -0.25) is 0 Å². The Morgan fingerprint density at radius 1 is 1.38 bits per heavy atom. The number of hydrogen-bond acceptors (Lipinski definition) is 5. The van der Waals surface area contributed by atoms with E-state index in [4.69, 9.17) is 4.42 Å². The minimum atomic E-state index is -1.25. The van der Waals surface area contributed by atoms with Gasteiger partial charge in [-0.15, -0.1) is 0 Å². The number of nitrogens with zero attached hydrogens (tertiary/aromatic N) is 2. The molecule has 1 fully saturated rings. The van der Waals surface area contributed by atoms with E-state index in [-0.39, 0.29) is 63.7 Å². The Hall–Kier alpha value is -1.26. The molecule has 9 heteroatoms. The largest absolute Gasteiger partial charge is 1.00 e. The number of carbonyl (C=O) groups is 2. The van der Waals surface area contributed by atoms with E-state index < -0.39 is 18.0 Å². The molecular formula is C17H17FKN3O4. The van der Waals surface area contributed by atoms with Gasteiger partial charge in [-0.2, -0.15) is 0 Å². The minimum absolute atomic E-state index is 0. The molecule has 0 radical (unpaired) electrons. The summed E-state index contributed by atoms with van der Waals surface area (Å²) < 4.78 is 18.5. The predicted molar refractivity (Wildman–Crippen MR) is 83.6 cm³/mol. The number of hydrogen-bond donors (Lipinski definition) is 1. The SMILES string of the molecule is Cc1oc(-c2ccc(F)cc2)nc1CNC(=O)N1CCCC1C(=O)[O-].[K+]. The monoisotopic (exact) mass is 385 g/mol. The maximum Gasteiger partial charge on any atom is 1.00 e. The molecule has 2 aromatic rings. The zero-order chi connectivity index (χ0) is 18.0. The van der Waals surface area contributed by atoms with Crippen LogP contribution in [0.15, 0.2) is 28.7 Å². The zero-order valence-corrected chi connectivity index (χ0v) is 17.7. The summed E-state index contributed by atoms with van der Waals surface area (Å²) in [6, 6.07) is 4.36. The maximum atomic E-state index is 13.0. The molecule has 1 unspecified atom stereocenters. The van der Waals surface area contributed by atoms with Crippen LogP contribution in [0.1, 0.15) is 24.3 Å². The van der Waals surface area contributed by atoms with Crippen LogP contribution >= 0.6 is 0 Å². The Balaban J connectivity index is 0.00000243. The van der Waals surface area contributed by atoms with Crippen molar-refractivity contribution in [1.29, 1.82) is 0 Å². The number of carboxylic acids is 1. The first-order valence-electron chi connectivity index (χ1n) is 7.93. The van der Waals surface area contributed by atoms with Crippen LogP contribution in [0.5, 0.6) is 0 Å². The van der Waals surface area contributed by atoms with Crippen LogP contribution in [0.4, 0.5) is 9.18 Å². The molecule has 0 aliphatic carbocycles. The van der Waals surface area contributed by atoms with Gasteiger partial charge < -0.3 is 24.5 Å². The van der Waals surface area contributed by atoms with Crippen molar-refractivity contribution in [3.8, 4) is 11.5 Å². The van der Waals surface area contributed by atoms with Crippen molar-refractivity contribution < 1.29 is 74.9 Å². The molecular weight excluding hydrogens is 368 g/mol. The number of benzene rings is 1. The molecule has 7 nitrogen and oxygen atoms in total. The summed E-state index contributed by atoms with van der Waals surface area (Å²) in [6.45, 7) is 2.19. The van der Waals surface area contributed by atoms with Gasteiger partial charge >= 0.3 is 57.4 Å². The molecule has 0 spiro atoms. The number of carboxylic acid groups (broad SMARTS) is 1. The van der Waals surface area contributed by atoms with E-state index >= 15 is 0 Å². The molecule has 1 aliphatic heterocycles. The third-order valence-electron chi connectivity index (χ3n) is 4.18. The van der Waals surface area contributed by atoms with Crippen LogP contribution in [-0.2, 0) is 11.3 Å². The number of aliphatic carboxylic acids is 1. The second kappa shape index (κ2) is 9.09. The van der Waals surface area contributed by atoms with E-state index in [2.05, 4.69) is 10.3 Å². The fourth-order valence-corrected chi connectivity index (χ4v) is 2.82. The second-order valence-corrected chi connectivity index (χ2v) is 5.86. The van der Waals surface area contributed by atoms with Gasteiger partial charge in [0.1, 0.15) is 17.3 Å². The summed E-state index contributed by atoms with van der Waals surface area (Å²) in [5.41, 5.74) is 1.15. The summed E-state index contributed by atoms with van der Waals surface area (Å²) in [5.74, 6) is -0.746. The molecule has 2 heterocycles.